The summed E-state index contributed by atoms with van der Waals surface area (Å²) in [6, 6.07) is 10.8. The maximum Gasteiger partial charge on any atom is 0.371 e. The van der Waals surface area contributed by atoms with E-state index in [9.17, 15) is 9.59 Å². The van der Waals surface area contributed by atoms with Crippen molar-refractivity contribution in [2.75, 3.05) is 0 Å². The molecule has 0 aliphatic carbocycles. The maximum atomic E-state index is 10.9. The molecule has 0 unspecified atom stereocenters. The van der Waals surface area contributed by atoms with Gasteiger partial charge in [0.2, 0.25) is 11.7 Å². The van der Waals surface area contributed by atoms with Gasteiger partial charge in [-0.05, 0) is 18.2 Å². The summed E-state index contributed by atoms with van der Waals surface area (Å²) in [5, 5.41) is 13.8. The van der Waals surface area contributed by atoms with Crippen molar-refractivity contribution in [1.29, 1.82) is 0 Å². The van der Waals surface area contributed by atoms with E-state index in [-0.39, 0.29) is 11.7 Å². The predicted molar refractivity (Wildman–Crippen MR) is 88.1 cm³/mol. The van der Waals surface area contributed by atoms with Gasteiger partial charge in [0, 0.05) is 29.6 Å². The summed E-state index contributed by atoms with van der Waals surface area (Å²) >= 11 is 0. The molecule has 3 aromatic rings. The highest BCUT2D eigenvalue weighted by atomic mass is 16.4. The molecule has 0 saturated heterocycles. The van der Waals surface area contributed by atoms with Gasteiger partial charge in [0.1, 0.15) is 5.76 Å². The number of hydrogen-bond acceptors (Lipinski definition) is 4. The Hall–Kier alpha value is -3.35. The Bertz CT molecular complexity index is 936. The Balaban J connectivity index is 1.94. The minimum Gasteiger partial charge on any atom is -0.475 e. The monoisotopic (exact) mass is 325 g/mol. The van der Waals surface area contributed by atoms with Crippen LogP contribution in [-0.4, -0.2) is 27.8 Å². The van der Waals surface area contributed by atoms with E-state index in [0.717, 1.165) is 16.5 Å². The summed E-state index contributed by atoms with van der Waals surface area (Å²) < 4.78 is 7.25. The summed E-state index contributed by atoms with van der Waals surface area (Å²) in [5.41, 5.74) is 4.16. The number of carbonyl (C=O) groups excluding carboxylic acids is 1. The molecule has 1 aromatic carbocycles. The maximum absolute atomic E-state index is 10.9. The number of aromatic carboxylic acids is 1. The number of carbonyl (C=O) groups is 2. The third-order valence-electron chi connectivity index (χ3n) is 3.44. The summed E-state index contributed by atoms with van der Waals surface area (Å²) in [5.74, 6) is -0.888. The molecule has 0 aliphatic heterocycles. The van der Waals surface area contributed by atoms with Crippen molar-refractivity contribution in [2.24, 2.45) is 5.10 Å². The van der Waals surface area contributed by atoms with E-state index in [1.807, 2.05) is 35.0 Å². The molecule has 0 bridgehead atoms. The smallest absolute Gasteiger partial charge is 0.371 e. The minimum absolute atomic E-state index is 0.0890. The van der Waals surface area contributed by atoms with Crippen molar-refractivity contribution in [3.8, 4) is 0 Å². The second-order valence-electron chi connectivity index (χ2n) is 5.23. The number of rotatable bonds is 5. The van der Waals surface area contributed by atoms with E-state index in [1.165, 1.54) is 13.0 Å². The number of para-hydroxylation sites is 1. The van der Waals surface area contributed by atoms with Crippen LogP contribution in [0.4, 0.5) is 0 Å². The molecule has 0 radical (unpaired) electrons. The van der Waals surface area contributed by atoms with E-state index in [0.29, 0.717) is 12.3 Å². The van der Waals surface area contributed by atoms with Crippen LogP contribution in [0.1, 0.15) is 28.8 Å². The number of carboxylic acid groups (broad SMARTS) is 1. The van der Waals surface area contributed by atoms with Crippen LogP contribution in [0.3, 0.4) is 0 Å². The lowest BCUT2D eigenvalue weighted by atomic mass is 10.2. The van der Waals surface area contributed by atoms with Crippen LogP contribution in [0.2, 0.25) is 0 Å². The van der Waals surface area contributed by atoms with Crippen molar-refractivity contribution in [2.45, 2.75) is 13.5 Å². The predicted octanol–water partition coefficient (Wildman–Crippen LogP) is 2.45. The standard InChI is InChI=1S/C17H15N3O4/c1-11(21)19-18-8-12-9-20(15-5-3-2-4-14(12)15)10-13-6-7-16(24-13)17(22)23/h2-9H,10H2,1H3,(H,19,21)(H,22,23)/b18-8-. The van der Waals surface area contributed by atoms with Crippen LogP contribution in [-0.2, 0) is 11.3 Å². The van der Waals surface area contributed by atoms with Gasteiger partial charge >= 0.3 is 5.97 Å². The number of nitrogens with zero attached hydrogens (tertiary/aromatic N) is 2. The van der Waals surface area contributed by atoms with Crippen molar-refractivity contribution >= 4 is 29.0 Å². The van der Waals surface area contributed by atoms with Gasteiger partial charge in [0.25, 0.3) is 0 Å². The molecule has 3 rings (SSSR count). The van der Waals surface area contributed by atoms with Gasteiger partial charge in [-0.3, -0.25) is 4.79 Å². The zero-order valence-electron chi connectivity index (χ0n) is 12.9. The van der Waals surface area contributed by atoms with Crippen LogP contribution in [0.5, 0.6) is 0 Å². The Morgan fingerprint density at radius 1 is 1.29 bits per heavy atom. The van der Waals surface area contributed by atoms with Crippen molar-refractivity contribution in [3.05, 3.63) is 59.7 Å². The first-order valence-corrected chi connectivity index (χ1v) is 7.24. The van der Waals surface area contributed by atoms with Gasteiger partial charge in [-0.25, -0.2) is 10.2 Å². The second kappa shape index (κ2) is 6.41. The molecule has 0 spiro atoms. The zero-order chi connectivity index (χ0) is 17.1. The molecule has 2 aromatic heterocycles. The van der Waals surface area contributed by atoms with Crippen LogP contribution in [0.15, 0.2) is 52.1 Å². The number of hydrazone groups is 1. The molecule has 2 N–H and O–H groups in total. The number of carboxylic acids is 1. The summed E-state index contributed by atoms with van der Waals surface area (Å²) in [4.78, 5) is 21.8. The van der Waals surface area contributed by atoms with Gasteiger partial charge in [-0.2, -0.15) is 5.10 Å². The molecule has 0 aliphatic rings. The van der Waals surface area contributed by atoms with E-state index < -0.39 is 5.97 Å². The average Bonchev–Trinajstić information content (AvgIpc) is 3.14. The van der Waals surface area contributed by atoms with Crippen LogP contribution < -0.4 is 5.43 Å². The van der Waals surface area contributed by atoms with Crippen molar-refractivity contribution in [3.63, 3.8) is 0 Å². The number of benzene rings is 1. The zero-order valence-corrected chi connectivity index (χ0v) is 12.9. The second-order valence-corrected chi connectivity index (χ2v) is 5.23. The highest BCUT2D eigenvalue weighted by Crippen LogP contribution is 2.21. The van der Waals surface area contributed by atoms with E-state index in [4.69, 9.17) is 9.52 Å². The number of fused-ring (bicyclic) bond motifs is 1. The van der Waals surface area contributed by atoms with Gasteiger partial charge in [0.05, 0.1) is 12.8 Å². The number of amides is 1. The van der Waals surface area contributed by atoms with Crippen molar-refractivity contribution < 1.29 is 19.1 Å². The molecule has 2 heterocycles. The Kier molecular flexibility index (Phi) is 4.15. The lowest BCUT2D eigenvalue weighted by Crippen LogP contribution is -2.12. The molecular weight excluding hydrogens is 310 g/mol. The first-order chi connectivity index (χ1) is 11.5. The molecule has 0 atom stereocenters. The molecule has 0 fully saturated rings. The van der Waals surface area contributed by atoms with Gasteiger partial charge in [-0.1, -0.05) is 18.2 Å². The van der Waals surface area contributed by atoms with E-state index >= 15 is 0 Å². The largest absolute Gasteiger partial charge is 0.475 e. The lowest BCUT2D eigenvalue weighted by Gasteiger charge is -2.02. The Morgan fingerprint density at radius 2 is 2.08 bits per heavy atom. The van der Waals surface area contributed by atoms with Crippen LogP contribution in [0, 0.1) is 0 Å². The highest BCUT2D eigenvalue weighted by Gasteiger charge is 2.12. The summed E-state index contributed by atoms with van der Waals surface area (Å²) in [6.07, 6.45) is 3.45. The molecular formula is C17H15N3O4. The van der Waals surface area contributed by atoms with Crippen LogP contribution >= 0.6 is 0 Å². The SMILES string of the molecule is CC(=O)N/N=C\c1cn(Cc2ccc(C(=O)O)o2)c2ccccc12. The minimum atomic E-state index is -1.10. The quantitative estimate of drug-likeness (QED) is 0.556. The third kappa shape index (κ3) is 3.19. The van der Waals surface area contributed by atoms with E-state index in [2.05, 4.69) is 10.5 Å². The topological polar surface area (TPSA) is 96.8 Å². The van der Waals surface area contributed by atoms with Gasteiger partial charge < -0.3 is 14.1 Å². The molecule has 122 valence electrons. The normalized spacial score (nSPS) is 11.2. The Morgan fingerprint density at radius 3 is 2.79 bits per heavy atom. The fourth-order valence-electron chi connectivity index (χ4n) is 2.45. The van der Waals surface area contributed by atoms with Crippen LogP contribution in [0.25, 0.3) is 10.9 Å². The average molecular weight is 325 g/mol. The molecule has 7 heteroatoms. The number of hydrogen-bond donors (Lipinski definition) is 2. The lowest BCUT2D eigenvalue weighted by molar-refractivity contribution is -0.118. The van der Waals surface area contributed by atoms with Crippen molar-refractivity contribution in [1.82, 2.24) is 9.99 Å². The number of nitrogens with one attached hydrogen (secondary N) is 1. The Labute approximate surface area is 137 Å². The number of aromatic nitrogens is 1. The number of furan rings is 1. The molecule has 1 amide bonds. The summed E-state index contributed by atoms with van der Waals surface area (Å²) in [6.45, 7) is 1.78. The first kappa shape index (κ1) is 15.5. The fourth-order valence-corrected chi connectivity index (χ4v) is 2.45. The first-order valence-electron chi connectivity index (χ1n) is 7.24. The molecule has 24 heavy (non-hydrogen) atoms. The third-order valence-corrected chi connectivity index (χ3v) is 3.44. The highest BCUT2D eigenvalue weighted by molar-refractivity contribution is 5.99. The van der Waals surface area contributed by atoms with E-state index in [1.54, 1.807) is 12.3 Å². The molecule has 0 saturated carbocycles. The van der Waals surface area contributed by atoms with Gasteiger partial charge in [0.15, 0.2) is 0 Å². The van der Waals surface area contributed by atoms with Gasteiger partial charge in [-0.15, -0.1) is 0 Å². The fraction of sp³-hybridized carbons (Fsp3) is 0.118. The summed E-state index contributed by atoms with van der Waals surface area (Å²) in [7, 11) is 0. The molecule has 7 nitrogen and oxygen atoms in total.